The van der Waals surface area contributed by atoms with Gasteiger partial charge < -0.3 is 15.2 Å². The Morgan fingerprint density at radius 2 is 1.70 bits per heavy atom. The van der Waals surface area contributed by atoms with Gasteiger partial charge in [0, 0.05) is 18.3 Å². The third-order valence-electron chi connectivity index (χ3n) is 3.98. The van der Waals surface area contributed by atoms with Crippen molar-refractivity contribution in [2.24, 2.45) is 0 Å². The molecule has 0 saturated carbocycles. The molecular formula is C19H17N7O. The Bertz CT molecular complexity index is 1080. The second-order valence-corrected chi connectivity index (χ2v) is 6.00. The van der Waals surface area contributed by atoms with Crippen LogP contribution in [0.5, 0.6) is 0 Å². The van der Waals surface area contributed by atoms with E-state index in [2.05, 4.69) is 25.1 Å². The van der Waals surface area contributed by atoms with E-state index in [0.29, 0.717) is 11.8 Å². The van der Waals surface area contributed by atoms with Crippen LogP contribution in [-0.4, -0.2) is 32.1 Å². The first-order chi connectivity index (χ1) is 13.1. The molecule has 2 heterocycles. The first-order valence-electron chi connectivity index (χ1n) is 8.31. The molecule has 4 aromatic rings. The van der Waals surface area contributed by atoms with E-state index in [1.807, 2.05) is 73.5 Å². The zero-order chi connectivity index (χ0) is 18.8. The van der Waals surface area contributed by atoms with Crippen molar-refractivity contribution in [2.75, 3.05) is 17.7 Å². The number of hydrogen-bond donors (Lipinski definition) is 1. The summed E-state index contributed by atoms with van der Waals surface area (Å²) in [6.45, 7) is 2.00. The Morgan fingerprint density at radius 1 is 0.889 bits per heavy atom. The van der Waals surface area contributed by atoms with Crippen LogP contribution in [0.2, 0.25) is 0 Å². The fraction of sp³-hybridized carbons (Fsp3) is 0.105. The number of rotatable bonds is 4. The summed E-state index contributed by atoms with van der Waals surface area (Å²) in [7, 11) is 1.85. The van der Waals surface area contributed by atoms with Gasteiger partial charge in [0.05, 0.1) is 0 Å². The number of benzene rings is 2. The number of hydrogen-bond acceptors (Lipinski definition) is 8. The highest BCUT2D eigenvalue weighted by molar-refractivity contribution is 5.60. The highest BCUT2D eigenvalue weighted by Gasteiger charge is 2.17. The maximum atomic E-state index is 5.88. The summed E-state index contributed by atoms with van der Waals surface area (Å²) in [4.78, 5) is 19.0. The van der Waals surface area contributed by atoms with Gasteiger partial charge in [-0.15, -0.1) is 0 Å². The molecule has 0 atom stereocenters. The molecule has 8 heteroatoms. The summed E-state index contributed by atoms with van der Waals surface area (Å²) in [5.74, 6) is 1.38. The Kier molecular flexibility index (Phi) is 4.21. The van der Waals surface area contributed by atoms with Gasteiger partial charge in [-0.05, 0) is 31.2 Å². The van der Waals surface area contributed by atoms with Gasteiger partial charge in [-0.2, -0.15) is 19.9 Å². The molecule has 134 valence electrons. The van der Waals surface area contributed by atoms with Gasteiger partial charge in [0.2, 0.25) is 23.5 Å². The van der Waals surface area contributed by atoms with Gasteiger partial charge in [-0.25, -0.2) is 0 Å². The molecule has 2 N–H and O–H groups in total. The summed E-state index contributed by atoms with van der Waals surface area (Å²) in [5.41, 5.74) is 8.73. The number of aromatic nitrogens is 5. The zero-order valence-corrected chi connectivity index (χ0v) is 14.9. The molecule has 0 radical (unpaired) electrons. The number of nitrogens with zero attached hydrogens (tertiary/aromatic N) is 6. The fourth-order valence-corrected chi connectivity index (χ4v) is 2.61. The normalized spacial score (nSPS) is 10.7. The smallest absolute Gasteiger partial charge is 0.258 e. The second kappa shape index (κ2) is 6.83. The Labute approximate surface area is 155 Å². The molecule has 0 fully saturated rings. The number of nitrogen functional groups attached to an aromatic ring is 1. The van der Waals surface area contributed by atoms with Gasteiger partial charge >= 0.3 is 0 Å². The van der Waals surface area contributed by atoms with Crippen LogP contribution in [0.15, 0.2) is 59.1 Å². The van der Waals surface area contributed by atoms with Gasteiger partial charge in [0.15, 0.2) is 0 Å². The largest absolute Gasteiger partial charge is 0.368 e. The van der Waals surface area contributed by atoms with Crippen LogP contribution < -0.4 is 10.6 Å². The average Bonchev–Trinajstić information content (AvgIpc) is 3.18. The molecule has 0 amide bonds. The van der Waals surface area contributed by atoms with Crippen molar-refractivity contribution in [3.05, 3.63) is 60.2 Å². The Balaban J connectivity index is 1.70. The predicted octanol–water partition coefficient (Wildman–Crippen LogP) is 3.25. The zero-order valence-electron chi connectivity index (χ0n) is 14.9. The van der Waals surface area contributed by atoms with Crippen LogP contribution >= 0.6 is 0 Å². The lowest BCUT2D eigenvalue weighted by molar-refractivity contribution is 0.432. The molecule has 4 rings (SSSR count). The second-order valence-electron chi connectivity index (χ2n) is 6.00. The van der Waals surface area contributed by atoms with E-state index in [0.717, 1.165) is 16.8 Å². The molecule has 0 aliphatic heterocycles. The monoisotopic (exact) mass is 359 g/mol. The predicted molar refractivity (Wildman–Crippen MR) is 102 cm³/mol. The van der Waals surface area contributed by atoms with Crippen molar-refractivity contribution < 1.29 is 4.52 Å². The Hall–Kier alpha value is -3.81. The highest BCUT2D eigenvalue weighted by atomic mass is 16.5. The van der Waals surface area contributed by atoms with Crippen LogP contribution in [0.4, 0.5) is 17.6 Å². The summed E-state index contributed by atoms with van der Waals surface area (Å²) >= 11 is 0. The maximum absolute atomic E-state index is 5.88. The van der Waals surface area contributed by atoms with Gasteiger partial charge in [-0.3, -0.25) is 0 Å². The third kappa shape index (κ3) is 3.45. The van der Waals surface area contributed by atoms with Crippen molar-refractivity contribution >= 4 is 17.6 Å². The van der Waals surface area contributed by atoms with Crippen LogP contribution in [0.3, 0.4) is 0 Å². The van der Waals surface area contributed by atoms with Crippen LogP contribution in [-0.2, 0) is 0 Å². The van der Waals surface area contributed by atoms with Crippen molar-refractivity contribution in [3.8, 4) is 23.1 Å². The van der Waals surface area contributed by atoms with Crippen LogP contribution in [0, 0.1) is 6.92 Å². The molecule has 0 bridgehead atoms. The average molecular weight is 359 g/mol. The molecule has 0 spiro atoms. The van der Waals surface area contributed by atoms with Crippen molar-refractivity contribution in [2.45, 2.75) is 6.92 Å². The van der Waals surface area contributed by atoms with E-state index in [-0.39, 0.29) is 17.6 Å². The molecule has 0 saturated heterocycles. The van der Waals surface area contributed by atoms with Crippen molar-refractivity contribution in [1.82, 2.24) is 25.1 Å². The standard InChI is InChI=1S/C19H17N7O/c1-12-7-6-8-13(11-12)17-21-16(25-27-17)15-22-18(20)24-19(23-15)26(2)14-9-4-3-5-10-14/h3-11H,1-2H3,(H2,20,22,23,24). The minimum Gasteiger partial charge on any atom is -0.368 e. The van der Waals surface area contributed by atoms with Crippen LogP contribution in [0.25, 0.3) is 23.1 Å². The van der Waals surface area contributed by atoms with E-state index >= 15 is 0 Å². The number of aryl methyl sites for hydroxylation is 1. The first-order valence-corrected chi connectivity index (χ1v) is 8.31. The van der Waals surface area contributed by atoms with Gasteiger partial charge in [0.1, 0.15) is 0 Å². The van der Waals surface area contributed by atoms with E-state index in [9.17, 15) is 0 Å². The summed E-state index contributed by atoms with van der Waals surface area (Å²) in [5, 5.41) is 3.99. The number of para-hydroxylation sites is 1. The molecule has 0 aliphatic rings. The lowest BCUT2D eigenvalue weighted by atomic mass is 10.1. The number of nitrogens with two attached hydrogens (primary N) is 1. The van der Waals surface area contributed by atoms with Crippen LogP contribution in [0.1, 0.15) is 5.56 Å². The molecule has 27 heavy (non-hydrogen) atoms. The fourth-order valence-electron chi connectivity index (χ4n) is 2.61. The summed E-state index contributed by atoms with van der Waals surface area (Å²) < 4.78 is 5.37. The lowest BCUT2D eigenvalue weighted by Gasteiger charge is -2.17. The van der Waals surface area contributed by atoms with E-state index < -0.39 is 0 Å². The third-order valence-corrected chi connectivity index (χ3v) is 3.98. The summed E-state index contributed by atoms with van der Waals surface area (Å²) in [6, 6.07) is 17.5. The first kappa shape index (κ1) is 16.6. The van der Waals surface area contributed by atoms with Gasteiger partial charge in [0.25, 0.3) is 5.89 Å². The summed E-state index contributed by atoms with van der Waals surface area (Å²) in [6.07, 6.45) is 0. The Morgan fingerprint density at radius 3 is 2.48 bits per heavy atom. The molecular weight excluding hydrogens is 342 g/mol. The van der Waals surface area contributed by atoms with E-state index in [1.54, 1.807) is 0 Å². The number of anilines is 3. The highest BCUT2D eigenvalue weighted by Crippen LogP contribution is 2.24. The molecule has 0 unspecified atom stereocenters. The molecule has 0 aliphatic carbocycles. The maximum Gasteiger partial charge on any atom is 0.258 e. The molecule has 2 aromatic carbocycles. The van der Waals surface area contributed by atoms with Gasteiger partial charge in [-0.1, -0.05) is 41.1 Å². The van der Waals surface area contributed by atoms with E-state index in [1.165, 1.54) is 0 Å². The van der Waals surface area contributed by atoms with Crippen molar-refractivity contribution in [3.63, 3.8) is 0 Å². The molecule has 8 nitrogen and oxygen atoms in total. The topological polar surface area (TPSA) is 107 Å². The minimum absolute atomic E-state index is 0.0830. The van der Waals surface area contributed by atoms with Crippen molar-refractivity contribution in [1.29, 1.82) is 0 Å². The quantitative estimate of drug-likeness (QED) is 0.592. The minimum atomic E-state index is 0.0830. The lowest BCUT2D eigenvalue weighted by Crippen LogP contribution is -2.15. The van der Waals surface area contributed by atoms with E-state index in [4.69, 9.17) is 10.3 Å². The SMILES string of the molecule is Cc1cccc(-c2nc(-c3nc(N)nc(N(C)c4ccccc4)n3)no2)c1. The molecule has 2 aromatic heterocycles.